The van der Waals surface area contributed by atoms with Crippen molar-refractivity contribution in [3.63, 3.8) is 0 Å². The molecule has 0 amide bonds. The molecule has 1 N–H and O–H groups in total. The van der Waals surface area contributed by atoms with Gasteiger partial charge in [-0.15, -0.1) is 0 Å². The molecule has 0 saturated heterocycles. The van der Waals surface area contributed by atoms with E-state index >= 15 is 0 Å². The lowest BCUT2D eigenvalue weighted by Gasteiger charge is -2.24. The number of aliphatic hydroxyl groups is 1. The average Bonchev–Trinajstić information content (AvgIpc) is 2.16. The third-order valence-electron chi connectivity index (χ3n) is 1.82. The zero-order valence-corrected chi connectivity index (χ0v) is 6.95. The zero-order chi connectivity index (χ0) is 10.8. The Bertz CT molecular complexity index is 321. The summed E-state index contributed by atoms with van der Waals surface area (Å²) in [5.41, 5.74) is -3.89. The number of carbonyl (C=O) groups excluding carboxylic acids is 1. The molecular weight excluding hydrogens is 197 g/mol. The van der Waals surface area contributed by atoms with Crippen molar-refractivity contribution in [1.82, 2.24) is 0 Å². The number of benzene rings is 1. The smallest absolute Gasteiger partial charge is 0.370 e. The van der Waals surface area contributed by atoms with Gasteiger partial charge in [0.25, 0.3) is 0 Å². The van der Waals surface area contributed by atoms with Gasteiger partial charge in [0, 0.05) is 0 Å². The second kappa shape index (κ2) is 3.42. The molecule has 0 aliphatic rings. The highest BCUT2D eigenvalue weighted by Gasteiger charge is 2.55. The lowest BCUT2D eigenvalue weighted by Crippen LogP contribution is -2.43. The Morgan fingerprint density at radius 3 is 2.00 bits per heavy atom. The first kappa shape index (κ1) is 10.7. The molecule has 76 valence electrons. The van der Waals surface area contributed by atoms with Crippen LogP contribution in [0, 0.1) is 0 Å². The van der Waals surface area contributed by atoms with Crippen LogP contribution in [0.1, 0.15) is 5.56 Å². The maximum atomic E-state index is 12.3. The highest BCUT2D eigenvalue weighted by molar-refractivity contribution is 5.67. The van der Waals surface area contributed by atoms with Crippen LogP contribution in [0.3, 0.4) is 0 Å². The number of rotatable bonds is 2. The van der Waals surface area contributed by atoms with E-state index in [0.29, 0.717) is 0 Å². The fourth-order valence-corrected chi connectivity index (χ4v) is 0.991. The third kappa shape index (κ3) is 1.63. The molecule has 0 aromatic heterocycles. The van der Waals surface area contributed by atoms with Crippen molar-refractivity contribution in [1.29, 1.82) is 0 Å². The average molecular weight is 204 g/mol. The number of hydrogen-bond donors (Lipinski definition) is 1. The number of hydrogen-bond acceptors (Lipinski definition) is 2. The van der Waals surface area contributed by atoms with E-state index in [9.17, 15) is 18.0 Å². The van der Waals surface area contributed by atoms with Crippen LogP contribution < -0.4 is 0 Å². The minimum atomic E-state index is -5.00. The molecule has 0 aliphatic heterocycles. The summed E-state index contributed by atoms with van der Waals surface area (Å²) < 4.78 is 36.9. The van der Waals surface area contributed by atoms with Gasteiger partial charge in [0.15, 0.2) is 6.29 Å². The van der Waals surface area contributed by atoms with Gasteiger partial charge in [-0.25, -0.2) is 0 Å². The third-order valence-corrected chi connectivity index (χ3v) is 1.82. The molecule has 5 heteroatoms. The Labute approximate surface area is 78.0 Å². The van der Waals surface area contributed by atoms with Crippen LogP contribution >= 0.6 is 0 Å². The molecular formula is C9H7F3O2. The van der Waals surface area contributed by atoms with Crippen molar-refractivity contribution < 1.29 is 23.1 Å². The van der Waals surface area contributed by atoms with Gasteiger partial charge < -0.3 is 5.11 Å². The Morgan fingerprint density at radius 2 is 1.64 bits per heavy atom. The molecule has 1 atom stereocenters. The van der Waals surface area contributed by atoms with Gasteiger partial charge in [0.1, 0.15) is 0 Å². The summed E-state index contributed by atoms with van der Waals surface area (Å²) in [6, 6.07) is 6.21. The highest BCUT2D eigenvalue weighted by Crippen LogP contribution is 2.36. The van der Waals surface area contributed by atoms with E-state index in [4.69, 9.17) is 5.11 Å². The number of alkyl halides is 3. The van der Waals surface area contributed by atoms with Crippen LogP contribution in [0.4, 0.5) is 13.2 Å². The van der Waals surface area contributed by atoms with Gasteiger partial charge in [-0.2, -0.15) is 13.2 Å². The summed E-state index contributed by atoms with van der Waals surface area (Å²) in [7, 11) is 0. The summed E-state index contributed by atoms with van der Waals surface area (Å²) in [5, 5.41) is 9.13. The largest absolute Gasteiger partial charge is 0.428 e. The first-order chi connectivity index (χ1) is 6.42. The van der Waals surface area contributed by atoms with Crippen molar-refractivity contribution >= 4 is 6.29 Å². The van der Waals surface area contributed by atoms with Crippen LogP contribution in [0.2, 0.25) is 0 Å². The first-order valence-corrected chi connectivity index (χ1v) is 3.73. The second-order valence-electron chi connectivity index (χ2n) is 2.75. The fraction of sp³-hybridized carbons (Fsp3) is 0.222. The Balaban J connectivity index is 3.22. The Morgan fingerprint density at radius 1 is 1.14 bits per heavy atom. The SMILES string of the molecule is O=CC(O)(c1ccccc1)C(F)(F)F. The molecule has 0 heterocycles. The van der Waals surface area contributed by atoms with Gasteiger partial charge in [-0.1, -0.05) is 30.3 Å². The van der Waals surface area contributed by atoms with Gasteiger partial charge in [0.2, 0.25) is 5.60 Å². The van der Waals surface area contributed by atoms with E-state index in [0.717, 1.165) is 12.1 Å². The van der Waals surface area contributed by atoms with E-state index in [1.165, 1.54) is 18.2 Å². The minimum Gasteiger partial charge on any atom is -0.370 e. The van der Waals surface area contributed by atoms with Gasteiger partial charge in [-0.05, 0) is 5.56 Å². The molecule has 0 saturated carbocycles. The number of aldehydes is 1. The molecule has 1 rings (SSSR count). The van der Waals surface area contributed by atoms with Crippen molar-refractivity contribution in [3.8, 4) is 0 Å². The minimum absolute atomic E-state index is 0.484. The van der Waals surface area contributed by atoms with Crippen LogP contribution in [0.5, 0.6) is 0 Å². The monoisotopic (exact) mass is 204 g/mol. The molecule has 0 aliphatic carbocycles. The predicted octanol–water partition coefficient (Wildman–Crippen LogP) is 1.64. The van der Waals surface area contributed by atoms with Gasteiger partial charge in [0.05, 0.1) is 0 Å². The topological polar surface area (TPSA) is 37.3 Å². The Hall–Kier alpha value is -1.36. The normalized spacial score (nSPS) is 16.0. The lowest BCUT2D eigenvalue weighted by molar-refractivity contribution is -0.249. The summed E-state index contributed by atoms with van der Waals surface area (Å²) >= 11 is 0. The van der Waals surface area contributed by atoms with Crippen molar-refractivity contribution in [2.45, 2.75) is 11.8 Å². The maximum Gasteiger partial charge on any atom is 0.428 e. The lowest BCUT2D eigenvalue weighted by atomic mass is 9.95. The summed E-state index contributed by atoms with van der Waals surface area (Å²) in [4.78, 5) is 10.3. The van der Waals surface area contributed by atoms with E-state index < -0.39 is 23.6 Å². The van der Waals surface area contributed by atoms with Gasteiger partial charge >= 0.3 is 6.18 Å². The van der Waals surface area contributed by atoms with Crippen LogP contribution in [-0.4, -0.2) is 17.6 Å². The molecule has 2 nitrogen and oxygen atoms in total. The Kier molecular flexibility index (Phi) is 2.62. The first-order valence-electron chi connectivity index (χ1n) is 3.73. The molecule has 1 aromatic rings. The standard InChI is InChI=1S/C9H7F3O2/c10-9(11,12)8(14,6-13)7-4-2-1-3-5-7/h1-6,14H. The highest BCUT2D eigenvalue weighted by atomic mass is 19.4. The molecule has 0 spiro atoms. The molecule has 1 aromatic carbocycles. The van der Waals surface area contributed by atoms with Crippen molar-refractivity contribution in [2.75, 3.05) is 0 Å². The molecule has 0 radical (unpaired) electrons. The molecule has 0 fully saturated rings. The van der Waals surface area contributed by atoms with E-state index in [1.807, 2.05) is 0 Å². The second-order valence-corrected chi connectivity index (χ2v) is 2.75. The van der Waals surface area contributed by atoms with Crippen molar-refractivity contribution in [3.05, 3.63) is 35.9 Å². The summed E-state index contributed by atoms with van der Waals surface area (Å²) in [6.07, 6.45) is -5.52. The summed E-state index contributed by atoms with van der Waals surface area (Å²) in [6.45, 7) is 0. The van der Waals surface area contributed by atoms with Crippen LogP contribution in [0.15, 0.2) is 30.3 Å². The predicted molar refractivity (Wildman–Crippen MR) is 42.5 cm³/mol. The molecule has 1 unspecified atom stereocenters. The fourth-order valence-electron chi connectivity index (χ4n) is 0.991. The van der Waals surface area contributed by atoms with Crippen LogP contribution in [-0.2, 0) is 10.4 Å². The maximum absolute atomic E-state index is 12.3. The summed E-state index contributed by atoms with van der Waals surface area (Å²) in [5.74, 6) is 0. The van der Waals surface area contributed by atoms with E-state index in [-0.39, 0.29) is 0 Å². The number of carbonyl (C=O) groups is 1. The van der Waals surface area contributed by atoms with E-state index in [2.05, 4.69) is 0 Å². The van der Waals surface area contributed by atoms with Gasteiger partial charge in [-0.3, -0.25) is 4.79 Å². The van der Waals surface area contributed by atoms with E-state index in [1.54, 1.807) is 0 Å². The number of halogens is 3. The quantitative estimate of drug-likeness (QED) is 0.743. The van der Waals surface area contributed by atoms with Crippen molar-refractivity contribution in [2.24, 2.45) is 0 Å². The zero-order valence-electron chi connectivity index (χ0n) is 6.95. The van der Waals surface area contributed by atoms with Crippen LogP contribution in [0.25, 0.3) is 0 Å². The molecule has 0 bridgehead atoms. The molecule has 14 heavy (non-hydrogen) atoms.